The molecule has 0 N–H and O–H groups in total. The standard InChI is InChI=1S/C17H18O2/c1-12(2)9-15(18)10-14-6-4-5-13-7-8-16(19-3)11-17(13)14/h4-9,11H,10H2,1-3H3. The molecule has 0 spiro atoms. The Morgan fingerprint density at radius 3 is 2.68 bits per heavy atom. The molecule has 0 atom stereocenters. The lowest BCUT2D eigenvalue weighted by Crippen LogP contribution is -2.00. The van der Waals surface area contributed by atoms with Crippen molar-refractivity contribution in [2.45, 2.75) is 20.3 Å². The van der Waals surface area contributed by atoms with Crippen LogP contribution in [0.25, 0.3) is 10.8 Å². The predicted molar refractivity (Wildman–Crippen MR) is 78.6 cm³/mol. The fourth-order valence-corrected chi connectivity index (χ4v) is 2.16. The lowest BCUT2D eigenvalue weighted by Gasteiger charge is -2.07. The third kappa shape index (κ3) is 3.22. The molecule has 0 unspecified atom stereocenters. The van der Waals surface area contributed by atoms with E-state index in [4.69, 9.17) is 4.74 Å². The van der Waals surface area contributed by atoms with Gasteiger partial charge in [0.2, 0.25) is 0 Å². The fraction of sp³-hybridized carbons (Fsp3) is 0.235. The molecule has 0 amide bonds. The first kappa shape index (κ1) is 13.3. The second-order valence-corrected chi connectivity index (χ2v) is 4.87. The number of allylic oxidation sites excluding steroid dienone is 2. The quantitative estimate of drug-likeness (QED) is 0.773. The Bertz CT molecular complexity index is 635. The maximum atomic E-state index is 11.9. The van der Waals surface area contributed by atoms with Crippen LogP contribution in [0.5, 0.6) is 5.75 Å². The Hall–Kier alpha value is -2.09. The minimum absolute atomic E-state index is 0.135. The van der Waals surface area contributed by atoms with Crippen LogP contribution >= 0.6 is 0 Å². The third-order valence-corrected chi connectivity index (χ3v) is 2.99. The van der Waals surface area contributed by atoms with Gasteiger partial charge in [-0.25, -0.2) is 0 Å². The zero-order chi connectivity index (χ0) is 13.8. The molecule has 0 aliphatic carbocycles. The summed E-state index contributed by atoms with van der Waals surface area (Å²) in [5, 5.41) is 2.21. The number of hydrogen-bond acceptors (Lipinski definition) is 2. The maximum Gasteiger partial charge on any atom is 0.160 e. The van der Waals surface area contributed by atoms with Gasteiger partial charge in [0.25, 0.3) is 0 Å². The first-order valence-corrected chi connectivity index (χ1v) is 6.33. The Labute approximate surface area is 113 Å². The van der Waals surface area contributed by atoms with E-state index in [2.05, 4.69) is 0 Å². The lowest BCUT2D eigenvalue weighted by molar-refractivity contribution is -0.114. The Kier molecular flexibility index (Phi) is 4.00. The minimum atomic E-state index is 0.135. The predicted octanol–water partition coefficient (Wildman–Crippen LogP) is 3.93. The van der Waals surface area contributed by atoms with E-state index in [0.29, 0.717) is 6.42 Å². The van der Waals surface area contributed by atoms with Crippen molar-refractivity contribution in [2.75, 3.05) is 7.11 Å². The smallest absolute Gasteiger partial charge is 0.160 e. The largest absolute Gasteiger partial charge is 0.497 e. The Morgan fingerprint density at radius 1 is 1.21 bits per heavy atom. The topological polar surface area (TPSA) is 26.3 Å². The Balaban J connectivity index is 2.42. The van der Waals surface area contributed by atoms with Crippen LogP contribution in [0.15, 0.2) is 48.0 Å². The van der Waals surface area contributed by atoms with Crippen molar-refractivity contribution in [2.24, 2.45) is 0 Å². The molecule has 98 valence electrons. The molecule has 0 aliphatic rings. The maximum absolute atomic E-state index is 11.9. The molecule has 0 fully saturated rings. The fourth-order valence-electron chi connectivity index (χ4n) is 2.16. The first-order valence-electron chi connectivity index (χ1n) is 6.33. The van der Waals surface area contributed by atoms with Gasteiger partial charge in [0.15, 0.2) is 5.78 Å². The second-order valence-electron chi connectivity index (χ2n) is 4.87. The zero-order valence-corrected chi connectivity index (χ0v) is 11.6. The number of rotatable bonds is 4. The van der Waals surface area contributed by atoms with Crippen molar-refractivity contribution < 1.29 is 9.53 Å². The van der Waals surface area contributed by atoms with Gasteiger partial charge in [0.05, 0.1) is 7.11 Å². The molecule has 0 radical (unpaired) electrons. The molecule has 2 rings (SSSR count). The van der Waals surface area contributed by atoms with Gasteiger partial charge < -0.3 is 4.74 Å². The number of ketones is 1. The normalized spacial score (nSPS) is 10.3. The molecule has 2 heteroatoms. The molecule has 0 aromatic heterocycles. The van der Waals surface area contributed by atoms with Crippen LogP contribution in [-0.4, -0.2) is 12.9 Å². The molecule has 2 nitrogen and oxygen atoms in total. The second kappa shape index (κ2) is 5.70. The summed E-state index contributed by atoms with van der Waals surface area (Å²) < 4.78 is 5.25. The van der Waals surface area contributed by atoms with Crippen LogP contribution in [0, 0.1) is 0 Å². The van der Waals surface area contributed by atoms with E-state index < -0.39 is 0 Å². The van der Waals surface area contributed by atoms with E-state index in [1.165, 1.54) is 0 Å². The van der Waals surface area contributed by atoms with E-state index in [-0.39, 0.29) is 5.78 Å². The molecule has 0 aliphatic heterocycles. The molecule has 0 bridgehead atoms. The summed E-state index contributed by atoms with van der Waals surface area (Å²) in [6, 6.07) is 12.0. The summed E-state index contributed by atoms with van der Waals surface area (Å²) in [6.07, 6.45) is 2.12. The van der Waals surface area contributed by atoms with Gasteiger partial charge in [0, 0.05) is 6.42 Å². The van der Waals surface area contributed by atoms with Gasteiger partial charge in [-0.3, -0.25) is 4.79 Å². The minimum Gasteiger partial charge on any atom is -0.497 e. The number of benzene rings is 2. The number of ether oxygens (including phenoxy) is 1. The van der Waals surface area contributed by atoms with Crippen LogP contribution < -0.4 is 4.74 Å². The highest BCUT2D eigenvalue weighted by Gasteiger charge is 2.06. The monoisotopic (exact) mass is 254 g/mol. The summed E-state index contributed by atoms with van der Waals surface area (Å²) in [6.45, 7) is 3.87. The van der Waals surface area contributed by atoms with Crippen molar-refractivity contribution in [1.29, 1.82) is 0 Å². The zero-order valence-electron chi connectivity index (χ0n) is 11.6. The van der Waals surface area contributed by atoms with Crippen LogP contribution in [-0.2, 0) is 11.2 Å². The van der Waals surface area contributed by atoms with E-state index in [1.54, 1.807) is 13.2 Å². The summed E-state index contributed by atoms with van der Waals surface area (Å²) >= 11 is 0. The number of carbonyl (C=O) groups is 1. The molecule has 2 aromatic carbocycles. The number of methoxy groups -OCH3 is 1. The van der Waals surface area contributed by atoms with Crippen LogP contribution in [0.3, 0.4) is 0 Å². The summed E-state index contributed by atoms with van der Waals surface area (Å²) in [7, 11) is 1.65. The summed E-state index contributed by atoms with van der Waals surface area (Å²) in [5.41, 5.74) is 2.07. The van der Waals surface area contributed by atoms with E-state index in [9.17, 15) is 4.79 Å². The highest BCUT2D eigenvalue weighted by atomic mass is 16.5. The molecule has 0 heterocycles. The van der Waals surface area contributed by atoms with Crippen molar-refractivity contribution in [3.8, 4) is 5.75 Å². The van der Waals surface area contributed by atoms with Gasteiger partial charge in [-0.2, -0.15) is 0 Å². The first-order chi connectivity index (χ1) is 9.10. The van der Waals surface area contributed by atoms with Crippen LogP contribution in [0.2, 0.25) is 0 Å². The van der Waals surface area contributed by atoms with Crippen molar-refractivity contribution >= 4 is 16.6 Å². The van der Waals surface area contributed by atoms with Crippen molar-refractivity contribution in [3.63, 3.8) is 0 Å². The molecular formula is C17H18O2. The van der Waals surface area contributed by atoms with E-state index >= 15 is 0 Å². The summed E-state index contributed by atoms with van der Waals surface area (Å²) in [4.78, 5) is 11.9. The highest BCUT2D eigenvalue weighted by molar-refractivity contribution is 5.96. The third-order valence-electron chi connectivity index (χ3n) is 2.99. The SMILES string of the molecule is COc1ccc2cccc(CC(=O)C=C(C)C)c2c1. The molecule has 2 aromatic rings. The average Bonchev–Trinajstić information content (AvgIpc) is 2.37. The van der Waals surface area contributed by atoms with Gasteiger partial charge in [-0.1, -0.05) is 29.8 Å². The number of carbonyl (C=O) groups excluding carboxylic acids is 1. The van der Waals surface area contributed by atoms with E-state index in [1.807, 2.05) is 50.2 Å². The van der Waals surface area contributed by atoms with Gasteiger partial charge >= 0.3 is 0 Å². The van der Waals surface area contributed by atoms with Crippen molar-refractivity contribution in [1.82, 2.24) is 0 Å². The molecular weight excluding hydrogens is 236 g/mol. The van der Waals surface area contributed by atoms with Gasteiger partial charge in [-0.05, 0) is 48.4 Å². The van der Waals surface area contributed by atoms with Gasteiger partial charge in [-0.15, -0.1) is 0 Å². The Morgan fingerprint density at radius 2 is 2.00 bits per heavy atom. The van der Waals surface area contributed by atoms with Crippen LogP contribution in [0.4, 0.5) is 0 Å². The number of fused-ring (bicyclic) bond motifs is 1. The highest BCUT2D eigenvalue weighted by Crippen LogP contribution is 2.24. The van der Waals surface area contributed by atoms with Gasteiger partial charge in [0.1, 0.15) is 5.75 Å². The molecule has 0 saturated carbocycles. The van der Waals surface area contributed by atoms with E-state index in [0.717, 1.165) is 27.7 Å². The van der Waals surface area contributed by atoms with Crippen molar-refractivity contribution in [3.05, 3.63) is 53.6 Å². The summed E-state index contributed by atoms with van der Waals surface area (Å²) in [5.74, 6) is 0.949. The molecule has 19 heavy (non-hydrogen) atoms. The number of hydrogen-bond donors (Lipinski definition) is 0. The van der Waals surface area contributed by atoms with Crippen LogP contribution in [0.1, 0.15) is 19.4 Å². The molecule has 0 saturated heterocycles. The average molecular weight is 254 g/mol. The lowest BCUT2D eigenvalue weighted by atomic mass is 9.99.